The highest BCUT2D eigenvalue weighted by Crippen LogP contribution is 2.24. The maximum absolute atomic E-state index is 11.1. The predicted molar refractivity (Wildman–Crippen MR) is 92.2 cm³/mol. The Hall–Kier alpha value is -1.37. The molecule has 1 aromatic rings. The van der Waals surface area contributed by atoms with E-state index in [0.29, 0.717) is 19.6 Å². The maximum atomic E-state index is 11.1. The number of ether oxygens (including phenoxy) is 1. The number of nitro benzene ring substituents is 1. The molecule has 0 heterocycles. The molecule has 0 aliphatic heterocycles. The van der Waals surface area contributed by atoms with E-state index in [1.807, 2.05) is 0 Å². The van der Waals surface area contributed by atoms with E-state index in [9.17, 15) is 14.9 Å². The Bertz CT molecular complexity index is 512. The summed E-state index contributed by atoms with van der Waals surface area (Å²) in [6.07, 6.45) is 3.14. The second kappa shape index (κ2) is 12.1. The van der Waals surface area contributed by atoms with Gasteiger partial charge in [0.15, 0.2) is 0 Å². The molecule has 0 aromatic heterocycles. The molecule has 6 nitrogen and oxygen atoms in total. The smallest absolute Gasteiger partial charge is 0.305 e. The molecule has 0 fully saturated rings. The van der Waals surface area contributed by atoms with Crippen LogP contribution in [0, 0.1) is 10.1 Å². The van der Waals surface area contributed by atoms with E-state index < -0.39 is 4.92 Å². The molecular formula is C15H22Cl2N2O4. The molecule has 0 saturated carbocycles. The number of nitro groups is 1. The number of halogens is 2. The van der Waals surface area contributed by atoms with Gasteiger partial charge in [0.25, 0.3) is 5.69 Å². The molecule has 0 aliphatic rings. The van der Waals surface area contributed by atoms with Crippen LogP contribution in [0.3, 0.4) is 0 Å². The third kappa shape index (κ3) is 8.74. The van der Waals surface area contributed by atoms with Crippen LogP contribution in [0.1, 0.15) is 38.2 Å². The summed E-state index contributed by atoms with van der Waals surface area (Å²) in [6, 6.07) is 4.79. The first-order valence-corrected chi connectivity index (χ1v) is 7.71. The Morgan fingerprint density at radius 3 is 2.74 bits per heavy atom. The zero-order valence-corrected chi connectivity index (χ0v) is 14.6. The van der Waals surface area contributed by atoms with Gasteiger partial charge in [0.2, 0.25) is 0 Å². The minimum absolute atomic E-state index is 0. The largest absolute Gasteiger partial charge is 0.466 e. The highest BCUT2D eigenvalue weighted by atomic mass is 35.5. The molecule has 1 aromatic carbocycles. The normalized spacial score (nSPS) is 10.0. The van der Waals surface area contributed by atoms with Crippen molar-refractivity contribution >= 4 is 35.7 Å². The number of benzene rings is 1. The zero-order chi connectivity index (χ0) is 16.4. The first kappa shape index (κ1) is 21.6. The van der Waals surface area contributed by atoms with E-state index >= 15 is 0 Å². The zero-order valence-electron chi connectivity index (χ0n) is 13.0. The van der Waals surface area contributed by atoms with Gasteiger partial charge >= 0.3 is 5.97 Å². The number of rotatable bonds is 10. The van der Waals surface area contributed by atoms with Crippen molar-refractivity contribution in [3.63, 3.8) is 0 Å². The van der Waals surface area contributed by atoms with Crippen LogP contribution in [0.25, 0.3) is 0 Å². The van der Waals surface area contributed by atoms with E-state index in [2.05, 4.69) is 5.32 Å². The van der Waals surface area contributed by atoms with Gasteiger partial charge in [0.05, 0.1) is 11.5 Å². The topological polar surface area (TPSA) is 81.5 Å². The lowest BCUT2D eigenvalue weighted by atomic mass is 10.2. The van der Waals surface area contributed by atoms with Gasteiger partial charge < -0.3 is 10.1 Å². The van der Waals surface area contributed by atoms with E-state index in [-0.39, 0.29) is 29.1 Å². The van der Waals surface area contributed by atoms with Crippen molar-refractivity contribution in [2.24, 2.45) is 0 Å². The molecule has 0 unspecified atom stereocenters. The first-order valence-electron chi connectivity index (χ1n) is 7.33. The lowest BCUT2D eigenvalue weighted by molar-refractivity contribution is -0.384. The molecule has 0 amide bonds. The Kier molecular flexibility index (Phi) is 11.4. The summed E-state index contributed by atoms with van der Waals surface area (Å²) in [5.74, 6) is -0.149. The number of nitrogens with zero attached hydrogens (tertiary/aromatic N) is 1. The van der Waals surface area contributed by atoms with Crippen molar-refractivity contribution in [2.45, 2.75) is 39.2 Å². The van der Waals surface area contributed by atoms with Gasteiger partial charge in [-0.3, -0.25) is 14.9 Å². The van der Waals surface area contributed by atoms with E-state index in [1.54, 1.807) is 13.0 Å². The number of esters is 1. The Morgan fingerprint density at radius 1 is 1.35 bits per heavy atom. The van der Waals surface area contributed by atoms with Crippen LogP contribution >= 0.6 is 24.0 Å². The minimum Gasteiger partial charge on any atom is -0.466 e. The van der Waals surface area contributed by atoms with Gasteiger partial charge in [0.1, 0.15) is 5.02 Å². The van der Waals surface area contributed by atoms with Gasteiger partial charge in [-0.05, 0) is 37.9 Å². The Morgan fingerprint density at radius 2 is 2.09 bits per heavy atom. The molecule has 1 rings (SSSR count). The second-order valence-corrected chi connectivity index (χ2v) is 5.24. The van der Waals surface area contributed by atoms with E-state index in [1.165, 1.54) is 12.1 Å². The van der Waals surface area contributed by atoms with Gasteiger partial charge in [-0.15, -0.1) is 12.4 Å². The van der Waals surface area contributed by atoms with Crippen LogP contribution < -0.4 is 5.32 Å². The molecule has 0 aliphatic carbocycles. The number of carbonyl (C=O) groups excluding carboxylic acids is 1. The van der Waals surface area contributed by atoms with Gasteiger partial charge in [-0.25, -0.2) is 0 Å². The summed E-state index contributed by atoms with van der Waals surface area (Å²) in [5, 5.41) is 14.2. The molecule has 1 N–H and O–H groups in total. The van der Waals surface area contributed by atoms with Crippen molar-refractivity contribution in [2.75, 3.05) is 13.2 Å². The first-order chi connectivity index (χ1) is 10.5. The molecule has 0 bridgehead atoms. The monoisotopic (exact) mass is 364 g/mol. The highest BCUT2D eigenvalue weighted by Gasteiger charge is 2.12. The molecular weight excluding hydrogens is 343 g/mol. The predicted octanol–water partition coefficient (Wildman–Crippen LogP) is 3.88. The fraction of sp³-hybridized carbons (Fsp3) is 0.533. The Labute approximate surface area is 147 Å². The third-order valence-electron chi connectivity index (χ3n) is 3.08. The van der Waals surface area contributed by atoms with Crippen LogP contribution in [0.4, 0.5) is 5.69 Å². The van der Waals surface area contributed by atoms with Crippen LogP contribution in [0.2, 0.25) is 5.02 Å². The Balaban J connectivity index is 0.00000484. The van der Waals surface area contributed by atoms with Gasteiger partial charge in [-0.1, -0.05) is 24.1 Å². The van der Waals surface area contributed by atoms with E-state index in [4.69, 9.17) is 16.3 Å². The molecule has 130 valence electrons. The van der Waals surface area contributed by atoms with E-state index in [0.717, 1.165) is 31.4 Å². The second-order valence-electron chi connectivity index (χ2n) is 4.84. The van der Waals surface area contributed by atoms with Crippen molar-refractivity contribution in [1.29, 1.82) is 0 Å². The number of hydrogen-bond acceptors (Lipinski definition) is 5. The molecule has 23 heavy (non-hydrogen) atoms. The number of carbonyl (C=O) groups is 1. The summed E-state index contributed by atoms with van der Waals surface area (Å²) in [5.41, 5.74) is 0.748. The van der Waals surface area contributed by atoms with Gasteiger partial charge in [0, 0.05) is 19.0 Å². The van der Waals surface area contributed by atoms with Crippen LogP contribution in [0.5, 0.6) is 0 Å². The standard InChI is InChI=1S/C15H21ClN2O4.ClH/c1-2-22-15(19)6-4-3-5-9-17-11-12-7-8-13(16)14(10-12)18(20)21;/h7-8,10,17H,2-6,9,11H2,1H3;1H. The average Bonchev–Trinajstić information content (AvgIpc) is 2.47. The van der Waals surface area contributed by atoms with Crippen molar-refractivity contribution in [1.82, 2.24) is 5.32 Å². The van der Waals surface area contributed by atoms with Crippen molar-refractivity contribution < 1.29 is 14.5 Å². The highest BCUT2D eigenvalue weighted by molar-refractivity contribution is 6.32. The summed E-state index contributed by atoms with van der Waals surface area (Å²) in [4.78, 5) is 21.4. The van der Waals surface area contributed by atoms with Crippen molar-refractivity contribution in [3.8, 4) is 0 Å². The SMILES string of the molecule is CCOC(=O)CCCCCNCc1ccc(Cl)c([N+](=O)[O-])c1.Cl. The molecule has 0 atom stereocenters. The summed E-state index contributed by atoms with van der Waals surface area (Å²) < 4.78 is 4.85. The lowest BCUT2D eigenvalue weighted by Gasteiger charge is -2.06. The number of nitrogens with one attached hydrogen (secondary N) is 1. The fourth-order valence-electron chi connectivity index (χ4n) is 1.97. The quantitative estimate of drug-likeness (QED) is 0.294. The van der Waals surface area contributed by atoms with Crippen LogP contribution in [-0.4, -0.2) is 24.0 Å². The minimum atomic E-state index is -0.485. The number of unbranched alkanes of at least 4 members (excludes halogenated alkanes) is 2. The van der Waals surface area contributed by atoms with Crippen molar-refractivity contribution in [3.05, 3.63) is 38.9 Å². The lowest BCUT2D eigenvalue weighted by Crippen LogP contribution is -2.15. The van der Waals surface area contributed by atoms with Gasteiger partial charge in [-0.2, -0.15) is 0 Å². The van der Waals surface area contributed by atoms with Crippen LogP contribution in [0.15, 0.2) is 18.2 Å². The van der Waals surface area contributed by atoms with Crippen LogP contribution in [-0.2, 0) is 16.1 Å². The molecule has 0 radical (unpaired) electrons. The maximum Gasteiger partial charge on any atom is 0.305 e. The number of hydrogen-bond donors (Lipinski definition) is 1. The molecule has 0 spiro atoms. The molecule has 8 heteroatoms. The average molecular weight is 365 g/mol. The molecule has 0 saturated heterocycles. The summed E-state index contributed by atoms with van der Waals surface area (Å²) in [7, 11) is 0. The summed E-state index contributed by atoms with van der Waals surface area (Å²) in [6.45, 7) is 3.56. The third-order valence-corrected chi connectivity index (χ3v) is 3.40. The fourth-order valence-corrected chi connectivity index (χ4v) is 2.16. The summed E-state index contributed by atoms with van der Waals surface area (Å²) >= 11 is 5.76.